The number of amides is 1. The summed E-state index contributed by atoms with van der Waals surface area (Å²) in [6, 6.07) is 10.2. The standard InChI is InChI=1S/C18H24N2O2S/c1-12(16-8-6-5-7-9-16)13(2)19-17(21)10-11-20-14(3)15(4)23-18(20)22/h5-9,12-13H,10-11H2,1-4H3,(H,19,21)/t12-,13-/m1/s1. The van der Waals surface area contributed by atoms with Gasteiger partial charge in [-0.2, -0.15) is 0 Å². The number of carbonyl (C=O) groups is 1. The third kappa shape index (κ3) is 4.32. The van der Waals surface area contributed by atoms with Crippen LogP contribution in [0.4, 0.5) is 0 Å². The molecule has 1 amide bonds. The number of nitrogens with one attached hydrogen (secondary N) is 1. The van der Waals surface area contributed by atoms with Gasteiger partial charge in [-0.15, -0.1) is 0 Å². The lowest BCUT2D eigenvalue weighted by Crippen LogP contribution is -2.36. The summed E-state index contributed by atoms with van der Waals surface area (Å²) < 4.78 is 1.69. The van der Waals surface area contributed by atoms with E-state index in [0.717, 1.165) is 10.6 Å². The summed E-state index contributed by atoms with van der Waals surface area (Å²) >= 11 is 1.24. The van der Waals surface area contributed by atoms with E-state index in [1.54, 1.807) is 4.57 Å². The zero-order valence-corrected chi connectivity index (χ0v) is 14.9. The lowest BCUT2D eigenvalue weighted by atomic mass is 9.94. The van der Waals surface area contributed by atoms with E-state index < -0.39 is 0 Å². The second-order valence-electron chi connectivity index (χ2n) is 5.97. The molecule has 124 valence electrons. The summed E-state index contributed by atoms with van der Waals surface area (Å²) in [4.78, 5) is 25.0. The van der Waals surface area contributed by atoms with E-state index >= 15 is 0 Å². The lowest BCUT2D eigenvalue weighted by molar-refractivity contribution is -0.122. The highest BCUT2D eigenvalue weighted by molar-refractivity contribution is 7.09. The molecule has 2 aromatic rings. The van der Waals surface area contributed by atoms with Gasteiger partial charge in [-0.1, -0.05) is 48.6 Å². The van der Waals surface area contributed by atoms with Crippen molar-refractivity contribution < 1.29 is 4.79 Å². The van der Waals surface area contributed by atoms with Crippen LogP contribution < -0.4 is 10.2 Å². The van der Waals surface area contributed by atoms with Crippen LogP contribution in [-0.4, -0.2) is 16.5 Å². The first-order valence-corrected chi connectivity index (χ1v) is 8.73. The van der Waals surface area contributed by atoms with Gasteiger partial charge >= 0.3 is 4.87 Å². The molecule has 1 N–H and O–H groups in total. The maximum atomic E-state index is 12.2. The number of aromatic nitrogens is 1. The fourth-order valence-electron chi connectivity index (χ4n) is 2.56. The number of carbonyl (C=O) groups excluding carboxylic acids is 1. The monoisotopic (exact) mass is 332 g/mol. The van der Waals surface area contributed by atoms with Gasteiger partial charge in [-0.05, 0) is 26.3 Å². The quantitative estimate of drug-likeness (QED) is 0.883. The summed E-state index contributed by atoms with van der Waals surface area (Å²) in [6.45, 7) is 8.42. The molecular formula is C18H24N2O2S. The molecule has 4 nitrogen and oxygen atoms in total. The molecular weight excluding hydrogens is 308 g/mol. The Morgan fingerprint density at radius 1 is 1.22 bits per heavy atom. The summed E-state index contributed by atoms with van der Waals surface area (Å²) in [7, 11) is 0. The molecule has 0 saturated heterocycles. The first kappa shape index (κ1) is 17.5. The number of rotatable bonds is 6. The maximum absolute atomic E-state index is 12.2. The van der Waals surface area contributed by atoms with Crippen molar-refractivity contribution in [2.24, 2.45) is 0 Å². The first-order chi connectivity index (χ1) is 10.9. The minimum Gasteiger partial charge on any atom is -0.353 e. The van der Waals surface area contributed by atoms with Gasteiger partial charge in [-0.25, -0.2) is 0 Å². The second kappa shape index (κ2) is 7.59. The zero-order valence-electron chi connectivity index (χ0n) is 14.1. The van der Waals surface area contributed by atoms with E-state index in [9.17, 15) is 9.59 Å². The van der Waals surface area contributed by atoms with Gasteiger partial charge in [0.2, 0.25) is 5.91 Å². The van der Waals surface area contributed by atoms with E-state index in [-0.39, 0.29) is 22.7 Å². The van der Waals surface area contributed by atoms with Gasteiger partial charge in [0, 0.05) is 35.5 Å². The number of hydrogen-bond donors (Lipinski definition) is 1. The third-order valence-corrected chi connectivity index (χ3v) is 5.40. The molecule has 0 radical (unpaired) electrons. The van der Waals surface area contributed by atoms with Gasteiger partial charge in [0.25, 0.3) is 0 Å². The Morgan fingerprint density at radius 3 is 2.43 bits per heavy atom. The third-order valence-electron chi connectivity index (χ3n) is 4.40. The van der Waals surface area contributed by atoms with Crippen LogP contribution in [0.2, 0.25) is 0 Å². The second-order valence-corrected chi connectivity index (χ2v) is 7.13. The number of aryl methyl sites for hydroxylation is 1. The van der Waals surface area contributed by atoms with E-state index in [1.807, 2.05) is 39.0 Å². The van der Waals surface area contributed by atoms with Crippen molar-refractivity contribution in [1.82, 2.24) is 9.88 Å². The van der Waals surface area contributed by atoms with Gasteiger partial charge in [-0.3, -0.25) is 9.59 Å². The van der Waals surface area contributed by atoms with Crippen molar-refractivity contribution in [3.8, 4) is 0 Å². The largest absolute Gasteiger partial charge is 0.353 e. The van der Waals surface area contributed by atoms with E-state index in [1.165, 1.54) is 16.9 Å². The maximum Gasteiger partial charge on any atom is 0.307 e. The summed E-state index contributed by atoms with van der Waals surface area (Å²) in [5, 5.41) is 3.04. The molecule has 0 bridgehead atoms. The molecule has 23 heavy (non-hydrogen) atoms. The van der Waals surface area contributed by atoms with E-state index in [4.69, 9.17) is 0 Å². The molecule has 0 aliphatic rings. The van der Waals surface area contributed by atoms with Crippen molar-refractivity contribution in [2.75, 3.05) is 0 Å². The Hall–Kier alpha value is -1.88. The molecule has 1 aromatic carbocycles. The van der Waals surface area contributed by atoms with Crippen molar-refractivity contribution in [1.29, 1.82) is 0 Å². The molecule has 0 unspecified atom stereocenters. The van der Waals surface area contributed by atoms with Gasteiger partial charge in [0.15, 0.2) is 0 Å². The predicted molar refractivity (Wildman–Crippen MR) is 95.1 cm³/mol. The van der Waals surface area contributed by atoms with Gasteiger partial charge in [0.05, 0.1) is 0 Å². The Bertz CT molecular complexity index is 718. The van der Waals surface area contributed by atoms with Crippen LogP contribution in [0.25, 0.3) is 0 Å². The summed E-state index contributed by atoms with van der Waals surface area (Å²) in [6.07, 6.45) is 0.322. The Kier molecular flexibility index (Phi) is 5.77. The van der Waals surface area contributed by atoms with Gasteiger partial charge < -0.3 is 9.88 Å². The molecule has 2 rings (SSSR count). The van der Waals surface area contributed by atoms with Crippen molar-refractivity contribution in [2.45, 2.75) is 52.6 Å². The molecule has 0 aliphatic heterocycles. The molecule has 2 atom stereocenters. The minimum absolute atomic E-state index is 0.0125. The molecule has 0 aliphatic carbocycles. The van der Waals surface area contributed by atoms with E-state index in [2.05, 4.69) is 24.4 Å². The fraction of sp³-hybridized carbons (Fsp3) is 0.444. The van der Waals surface area contributed by atoms with E-state index in [0.29, 0.717) is 13.0 Å². The number of benzene rings is 1. The summed E-state index contributed by atoms with van der Waals surface area (Å²) in [5.74, 6) is 0.225. The number of thiazole rings is 1. The molecule has 1 heterocycles. The highest BCUT2D eigenvalue weighted by Gasteiger charge is 2.17. The van der Waals surface area contributed by atoms with Crippen LogP contribution in [0.3, 0.4) is 0 Å². The normalized spacial score (nSPS) is 13.6. The van der Waals surface area contributed by atoms with Crippen LogP contribution in [-0.2, 0) is 11.3 Å². The van der Waals surface area contributed by atoms with Crippen LogP contribution >= 0.6 is 11.3 Å². The van der Waals surface area contributed by atoms with Crippen molar-refractivity contribution in [3.05, 3.63) is 56.1 Å². The Labute approximate surface area is 141 Å². The summed E-state index contributed by atoms with van der Waals surface area (Å²) in [5.41, 5.74) is 2.17. The molecule has 0 fully saturated rings. The highest BCUT2D eigenvalue weighted by atomic mass is 32.1. The van der Waals surface area contributed by atoms with Crippen LogP contribution in [0, 0.1) is 13.8 Å². The fourth-order valence-corrected chi connectivity index (χ4v) is 3.41. The molecule has 0 spiro atoms. The van der Waals surface area contributed by atoms with Gasteiger partial charge in [0.1, 0.15) is 0 Å². The van der Waals surface area contributed by atoms with Crippen LogP contribution in [0.5, 0.6) is 0 Å². The average molecular weight is 332 g/mol. The molecule has 0 saturated carbocycles. The van der Waals surface area contributed by atoms with Crippen LogP contribution in [0.15, 0.2) is 35.1 Å². The Morgan fingerprint density at radius 2 is 1.87 bits per heavy atom. The average Bonchev–Trinajstić information content (AvgIpc) is 2.78. The Balaban J connectivity index is 1.90. The SMILES string of the molecule is Cc1sc(=O)n(CCC(=O)N[C@H](C)[C@@H](C)c2ccccc2)c1C. The van der Waals surface area contributed by atoms with Crippen LogP contribution in [0.1, 0.15) is 42.3 Å². The smallest absolute Gasteiger partial charge is 0.307 e. The highest BCUT2D eigenvalue weighted by Crippen LogP contribution is 2.18. The number of nitrogens with zero attached hydrogens (tertiary/aromatic N) is 1. The predicted octanol–water partition coefficient (Wildman–Crippen LogP) is 3.23. The molecule has 1 aromatic heterocycles. The van der Waals surface area contributed by atoms with Crippen molar-refractivity contribution in [3.63, 3.8) is 0 Å². The zero-order chi connectivity index (χ0) is 17.0. The first-order valence-electron chi connectivity index (χ1n) is 7.91. The lowest BCUT2D eigenvalue weighted by Gasteiger charge is -2.22. The molecule has 5 heteroatoms. The topological polar surface area (TPSA) is 51.1 Å². The number of hydrogen-bond acceptors (Lipinski definition) is 3. The van der Waals surface area contributed by atoms with Crippen molar-refractivity contribution >= 4 is 17.2 Å². The minimum atomic E-state index is -0.0181.